The van der Waals surface area contributed by atoms with Crippen LogP contribution in [0.2, 0.25) is 0 Å². The van der Waals surface area contributed by atoms with Gasteiger partial charge in [-0.25, -0.2) is 8.78 Å². The summed E-state index contributed by atoms with van der Waals surface area (Å²) in [6.07, 6.45) is -4.23. The number of hydrogen-bond acceptors (Lipinski definition) is 0. The number of alkyl halides is 3. The number of aryl methyl sites for hydroxylation is 8. The number of benzene rings is 4. The lowest BCUT2D eigenvalue weighted by atomic mass is 10.1. The summed E-state index contributed by atoms with van der Waals surface area (Å²) in [5, 5.41) is 0. The molecule has 38 heavy (non-hydrogen) atoms. The number of rotatable bonds is 0. The molecule has 0 spiro atoms. The molecule has 0 saturated heterocycles. The van der Waals surface area contributed by atoms with Crippen LogP contribution < -0.4 is 0 Å². The van der Waals surface area contributed by atoms with Gasteiger partial charge in [0, 0.05) is 0 Å². The van der Waals surface area contributed by atoms with Crippen molar-refractivity contribution in [2.45, 2.75) is 61.6 Å². The van der Waals surface area contributed by atoms with Crippen LogP contribution in [0.3, 0.4) is 0 Å². The molecule has 0 radical (unpaired) electrons. The lowest BCUT2D eigenvalue weighted by Gasteiger charge is -2.10. The summed E-state index contributed by atoms with van der Waals surface area (Å²) in [6.45, 7) is 14.6. The maximum absolute atomic E-state index is 12.6. The van der Waals surface area contributed by atoms with Crippen LogP contribution in [0.4, 0.5) is 22.0 Å². The fraction of sp³-hybridized carbons (Fsp3) is 0.273. The van der Waals surface area contributed by atoms with E-state index in [0.717, 1.165) is 17.2 Å². The molecule has 5 heteroatoms. The Morgan fingerprint density at radius 2 is 0.684 bits per heavy atom. The lowest BCUT2D eigenvalue weighted by molar-refractivity contribution is -0.138. The van der Waals surface area contributed by atoms with E-state index in [1.54, 1.807) is 39.0 Å². The van der Waals surface area contributed by atoms with Crippen molar-refractivity contribution in [3.05, 3.63) is 141 Å². The Morgan fingerprint density at radius 3 is 0.947 bits per heavy atom. The zero-order valence-electron chi connectivity index (χ0n) is 23.4. The van der Waals surface area contributed by atoms with Gasteiger partial charge in [-0.05, 0) is 101 Å². The highest BCUT2D eigenvalue weighted by atomic mass is 19.4. The molecule has 204 valence electrons. The van der Waals surface area contributed by atoms with Crippen molar-refractivity contribution in [3.8, 4) is 0 Å². The Kier molecular flexibility index (Phi) is 12.9. The van der Waals surface area contributed by atoms with E-state index in [2.05, 4.69) is 38.1 Å². The first-order chi connectivity index (χ1) is 17.6. The van der Waals surface area contributed by atoms with Crippen molar-refractivity contribution in [1.82, 2.24) is 0 Å². The zero-order chi connectivity index (χ0) is 29.0. The Bertz CT molecular complexity index is 1220. The van der Waals surface area contributed by atoms with Crippen LogP contribution in [0.15, 0.2) is 78.9 Å². The Hall–Kier alpha value is -3.47. The first-order valence-corrected chi connectivity index (χ1v) is 12.2. The minimum absolute atomic E-state index is 0.116. The molecular weight excluding hydrogens is 491 g/mol. The number of hydrogen-bond donors (Lipinski definition) is 0. The van der Waals surface area contributed by atoms with Crippen molar-refractivity contribution in [1.29, 1.82) is 0 Å². The molecule has 4 aromatic rings. The third-order valence-corrected chi connectivity index (χ3v) is 5.57. The summed E-state index contributed by atoms with van der Waals surface area (Å²) < 4.78 is 61.8. The van der Waals surface area contributed by atoms with Gasteiger partial charge in [0.05, 0.1) is 5.56 Å². The van der Waals surface area contributed by atoms with E-state index in [1.165, 1.54) is 36.2 Å². The standard InChI is InChI=1S/C9H9F3.2C8H9F.C8H10/c1-6-3-4-7(2)8(5-6)9(10,11)12;2*1-6-3-4-7(2)8(9)5-6;1-7-3-5-8(2)6-4-7/h3-5H,1-2H3;2*3-5H,1-2H3;3-6H,1-2H3. The maximum atomic E-state index is 12.6. The Morgan fingerprint density at radius 1 is 0.395 bits per heavy atom. The predicted molar refractivity (Wildman–Crippen MR) is 149 cm³/mol. The molecule has 0 aliphatic heterocycles. The molecule has 4 aromatic carbocycles. The van der Waals surface area contributed by atoms with Crippen molar-refractivity contribution in [2.24, 2.45) is 0 Å². The minimum atomic E-state index is -4.23. The van der Waals surface area contributed by atoms with Crippen LogP contribution in [-0.2, 0) is 6.18 Å². The topological polar surface area (TPSA) is 0 Å². The van der Waals surface area contributed by atoms with Gasteiger partial charge in [-0.3, -0.25) is 0 Å². The second-order valence-corrected chi connectivity index (χ2v) is 9.48. The van der Waals surface area contributed by atoms with Gasteiger partial charge in [0.15, 0.2) is 0 Å². The monoisotopic (exact) mass is 528 g/mol. The quantitative estimate of drug-likeness (QED) is 0.199. The molecule has 0 atom stereocenters. The van der Waals surface area contributed by atoms with E-state index in [0.29, 0.717) is 16.7 Å². The summed E-state index contributed by atoms with van der Waals surface area (Å²) >= 11 is 0. The van der Waals surface area contributed by atoms with Crippen LogP contribution in [0.5, 0.6) is 0 Å². The van der Waals surface area contributed by atoms with Gasteiger partial charge >= 0.3 is 6.18 Å². The fourth-order valence-corrected chi connectivity index (χ4v) is 3.07. The van der Waals surface area contributed by atoms with Crippen molar-refractivity contribution in [3.63, 3.8) is 0 Å². The van der Waals surface area contributed by atoms with E-state index < -0.39 is 11.7 Å². The maximum Gasteiger partial charge on any atom is 0.416 e. The summed E-state index contributed by atoms with van der Waals surface area (Å²) in [5.41, 5.74) is 6.38. The van der Waals surface area contributed by atoms with Crippen molar-refractivity contribution < 1.29 is 22.0 Å². The van der Waals surface area contributed by atoms with Crippen LogP contribution >= 0.6 is 0 Å². The molecule has 0 N–H and O–H groups in total. The zero-order valence-corrected chi connectivity index (χ0v) is 23.4. The van der Waals surface area contributed by atoms with Gasteiger partial charge < -0.3 is 0 Å². The molecule has 0 saturated carbocycles. The smallest absolute Gasteiger partial charge is 0.207 e. The van der Waals surface area contributed by atoms with Crippen molar-refractivity contribution >= 4 is 0 Å². The van der Waals surface area contributed by atoms with Crippen LogP contribution in [0.25, 0.3) is 0 Å². The van der Waals surface area contributed by atoms with Gasteiger partial charge in [0.25, 0.3) is 0 Å². The molecule has 0 bridgehead atoms. The van der Waals surface area contributed by atoms with Gasteiger partial charge in [-0.2, -0.15) is 13.2 Å². The van der Waals surface area contributed by atoms with E-state index in [4.69, 9.17) is 0 Å². The lowest BCUT2D eigenvalue weighted by Crippen LogP contribution is -2.07. The van der Waals surface area contributed by atoms with Crippen molar-refractivity contribution in [2.75, 3.05) is 0 Å². The highest BCUT2D eigenvalue weighted by Gasteiger charge is 2.32. The normalized spacial score (nSPS) is 10.2. The first kappa shape index (κ1) is 32.6. The van der Waals surface area contributed by atoms with Gasteiger partial charge in [-0.15, -0.1) is 0 Å². The van der Waals surface area contributed by atoms with Crippen LogP contribution in [0, 0.1) is 67.0 Å². The largest absolute Gasteiger partial charge is 0.416 e. The summed E-state index contributed by atoms with van der Waals surface area (Å²) in [5.74, 6) is -0.231. The highest BCUT2D eigenvalue weighted by molar-refractivity contribution is 5.32. The molecular formula is C33H37F5. The highest BCUT2D eigenvalue weighted by Crippen LogP contribution is 2.32. The summed E-state index contributed by atoms with van der Waals surface area (Å²) in [4.78, 5) is 0. The second-order valence-electron chi connectivity index (χ2n) is 9.48. The average Bonchev–Trinajstić information content (AvgIpc) is 2.83. The predicted octanol–water partition coefficient (Wildman–Crippen LogP) is 10.5. The molecule has 0 aromatic heterocycles. The molecule has 4 rings (SSSR count). The van der Waals surface area contributed by atoms with Gasteiger partial charge in [0.1, 0.15) is 11.6 Å². The fourth-order valence-electron chi connectivity index (χ4n) is 3.07. The van der Waals surface area contributed by atoms with E-state index >= 15 is 0 Å². The van der Waals surface area contributed by atoms with Crippen LogP contribution in [0.1, 0.15) is 50.1 Å². The summed E-state index contributed by atoms with van der Waals surface area (Å²) in [7, 11) is 0. The molecule has 0 fully saturated rings. The molecule has 0 unspecified atom stereocenters. The average molecular weight is 529 g/mol. The number of halogens is 5. The second kappa shape index (κ2) is 15.1. The molecule has 0 amide bonds. The van der Waals surface area contributed by atoms with E-state index in [1.807, 2.05) is 26.0 Å². The van der Waals surface area contributed by atoms with E-state index in [-0.39, 0.29) is 17.2 Å². The SMILES string of the molecule is Cc1ccc(C)c(C(F)(F)F)c1.Cc1ccc(C)c(F)c1.Cc1ccc(C)c(F)c1.Cc1ccc(C)cc1. The molecule has 0 aliphatic rings. The van der Waals surface area contributed by atoms with Gasteiger partial charge in [0.2, 0.25) is 0 Å². The Balaban J connectivity index is 0.000000256. The van der Waals surface area contributed by atoms with Crippen LogP contribution in [-0.4, -0.2) is 0 Å². The van der Waals surface area contributed by atoms with E-state index in [9.17, 15) is 22.0 Å². The van der Waals surface area contributed by atoms with Gasteiger partial charge in [-0.1, -0.05) is 77.4 Å². The molecule has 0 nitrogen and oxygen atoms in total. The third-order valence-electron chi connectivity index (χ3n) is 5.57. The summed E-state index contributed by atoms with van der Waals surface area (Å²) in [6, 6.07) is 23.2. The molecule has 0 aliphatic carbocycles. The first-order valence-electron chi connectivity index (χ1n) is 12.2. The Labute approximate surface area is 224 Å². The third kappa shape index (κ3) is 12.2. The minimum Gasteiger partial charge on any atom is -0.207 e. The molecule has 0 heterocycles.